The molecule has 1 aliphatic heterocycles. The SMILES string of the molecule is COc1nccc(N2CCN(C)CC2)n1. The second kappa shape index (κ2) is 4.44. The van der Waals surface area contributed by atoms with Gasteiger partial charge in [0.2, 0.25) is 0 Å². The number of likely N-dealkylation sites (N-methyl/N-ethyl adjacent to an activating group) is 1. The highest BCUT2D eigenvalue weighted by Gasteiger charge is 2.15. The number of aromatic nitrogens is 2. The van der Waals surface area contributed by atoms with Crippen LogP contribution in [0.4, 0.5) is 5.82 Å². The van der Waals surface area contributed by atoms with Crippen LogP contribution < -0.4 is 9.64 Å². The fourth-order valence-corrected chi connectivity index (χ4v) is 1.64. The van der Waals surface area contributed by atoms with E-state index in [0.717, 1.165) is 32.0 Å². The zero-order valence-corrected chi connectivity index (χ0v) is 9.18. The van der Waals surface area contributed by atoms with E-state index in [0.29, 0.717) is 6.01 Å². The average Bonchev–Trinajstić information content (AvgIpc) is 2.30. The molecule has 0 saturated carbocycles. The Morgan fingerprint density at radius 2 is 2.00 bits per heavy atom. The molecule has 0 bridgehead atoms. The van der Waals surface area contributed by atoms with Crippen LogP contribution in [-0.2, 0) is 0 Å². The summed E-state index contributed by atoms with van der Waals surface area (Å²) >= 11 is 0. The predicted octanol–water partition coefficient (Wildman–Crippen LogP) is 0.237. The number of methoxy groups -OCH3 is 1. The average molecular weight is 208 g/mol. The highest BCUT2D eigenvalue weighted by atomic mass is 16.5. The lowest BCUT2D eigenvalue weighted by Gasteiger charge is -2.33. The van der Waals surface area contributed by atoms with Crippen molar-refractivity contribution in [2.75, 3.05) is 45.2 Å². The Balaban J connectivity index is 2.08. The Morgan fingerprint density at radius 1 is 1.27 bits per heavy atom. The van der Waals surface area contributed by atoms with Crippen LogP contribution in [-0.4, -0.2) is 55.2 Å². The van der Waals surface area contributed by atoms with Gasteiger partial charge in [-0.1, -0.05) is 0 Å². The fourth-order valence-electron chi connectivity index (χ4n) is 1.64. The van der Waals surface area contributed by atoms with Crippen molar-refractivity contribution in [1.29, 1.82) is 0 Å². The van der Waals surface area contributed by atoms with Crippen molar-refractivity contribution in [3.8, 4) is 6.01 Å². The minimum atomic E-state index is 0.437. The van der Waals surface area contributed by atoms with Crippen molar-refractivity contribution >= 4 is 5.82 Å². The van der Waals surface area contributed by atoms with Crippen LogP contribution in [0, 0.1) is 0 Å². The van der Waals surface area contributed by atoms with Gasteiger partial charge in [0.25, 0.3) is 0 Å². The van der Waals surface area contributed by atoms with E-state index < -0.39 is 0 Å². The lowest BCUT2D eigenvalue weighted by atomic mass is 10.3. The lowest BCUT2D eigenvalue weighted by molar-refractivity contribution is 0.311. The molecule has 0 amide bonds. The summed E-state index contributed by atoms with van der Waals surface area (Å²) < 4.78 is 5.01. The number of anilines is 1. The molecular formula is C10H16N4O. The third-order valence-electron chi connectivity index (χ3n) is 2.63. The maximum Gasteiger partial charge on any atom is 0.318 e. The van der Waals surface area contributed by atoms with Crippen molar-refractivity contribution in [2.24, 2.45) is 0 Å². The van der Waals surface area contributed by atoms with E-state index in [-0.39, 0.29) is 0 Å². The molecule has 0 aromatic carbocycles. The smallest absolute Gasteiger partial charge is 0.318 e. The number of ether oxygens (including phenoxy) is 1. The molecule has 1 saturated heterocycles. The fraction of sp³-hybridized carbons (Fsp3) is 0.600. The van der Waals surface area contributed by atoms with Gasteiger partial charge in [0.05, 0.1) is 7.11 Å². The van der Waals surface area contributed by atoms with Crippen molar-refractivity contribution in [3.63, 3.8) is 0 Å². The second-order valence-electron chi connectivity index (χ2n) is 3.69. The minimum Gasteiger partial charge on any atom is -0.467 e. The summed E-state index contributed by atoms with van der Waals surface area (Å²) in [5.41, 5.74) is 0. The topological polar surface area (TPSA) is 41.5 Å². The standard InChI is InChI=1S/C10H16N4O/c1-13-5-7-14(8-6-13)9-3-4-11-10(12-9)15-2/h3-4H,5-8H2,1-2H3. The van der Waals surface area contributed by atoms with Crippen molar-refractivity contribution < 1.29 is 4.74 Å². The molecule has 1 aliphatic rings. The molecule has 5 heteroatoms. The number of hydrogen-bond donors (Lipinski definition) is 0. The van der Waals surface area contributed by atoms with Gasteiger partial charge in [0.1, 0.15) is 5.82 Å². The summed E-state index contributed by atoms with van der Waals surface area (Å²) in [4.78, 5) is 12.9. The normalized spacial score (nSPS) is 17.9. The van der Waals surface area contributed by atoms with Gasteiger partial charge in [-0.15, -0.1) is 0 Å². The highest BCUT2D eigenvalue weighted by molar-refractivity contribution is 5.38. The van der Waals surface area contributed by atoms with Crippen molar-refractivity contribution in [2.45, 2.75) is 0 Å². The molecule has 5 nitrogen and oxygen atoms in total. The maximum atomic E-state index is 5.01. The zero-order valence-electron chi connectivity index (χ0n) is 9.18. The molecule has 15 heavy (non-hydrogen) atoms. The van der Waals surface area contributed by atoms with Crippen LogP contribution in [0.2, 0.25) is 0 Å². The van der Waals surface area contributed by atoms with Crippen LogP contribution in [0.15, 0.2) is 12.3 Å². The van der Waals surface area contributed by atoms with Gasteiger partial charge in [-0.2, -0.15) is 4.98 Å². The van der Waals surface area contributed by atoms with E-state index in [4.69, 9.17) is 4.74 Å². The molecule has 82 valence electrons. The molecule has 2 rings (SSSR count). The quantitative estimate of drug-likeness (QED) is 0.696. The van der Waals surface area contributed by atoms with Gasteiger partial charge in [0.15, 0.2) is 0 Å². The van der Waals surface area contributed by atoms with Gasteiger partial charge in [-0.25, -0.2) is 4.98 Å². The molecule has 0 radical (unpaired) electrons. The van der Waals surface area contributed by atoms with Crippen LogP contribution in [0.1, 0.15) is 0 Å². The first-order valence-electron chi connectivity index (χ1n) is 5.10. The third-order valence-corrected chi connectivity index (χ3v) is 2.63. The van der Waals surface area contributed by atoms with Crippen LogP contribution in [0.3, 0.4) is 0 Å². The Kier molecular flexibility index (Phi) is 3.01. The van der Waals surface area contributed by atoms with Crippen LogP contribution in [0.5, 0.6) is 6.01 Å². The van der Waals surface area contributed by atoms with E-state index in [9.17, 15) is 0 Å². The summed E-state index contributed by atoms with van der Waals surface area (Å²) in [6, 6.07) is 2.36. The summed E-state index contributed by atoms with van der Waals surface area (Å²) in [7, 11) is 3.72. The Hall–Kier alpha value is -1.36. The summed E-state index contributed by atoms with van der Waals surface area (Å²) in [5.74, 6) is 0.954. The van der Waals surface area contributed by atoms with Crippen LogP contribution >= 0.6 is 0 Å². The van der Waals surface area contributed by atoms with Gasteiger partial charge < -0.3 is 14.5 Å². The number of piperazine rings is 1. The van der Waals surface area contributed by atoms with Crippen LogP contribution in [0.25, 0.3) is 0 Å². The van der Waals surface area contributed by atoms with E-state index >= 15 is 0 Å². The maximum absolute atomic E-state index is 5.01. The minimum absolute atomic E-state index is 0.437. The number of nitrogens with zero attached hydrogens (tertiary/aromatic N) is 4. The van der Waals surface area contributed by atoms with Gasteiger partial charge in [-0.05, 0) is 13.1 Å². The van der Waals surface area contributed by atoms with E-state index in [1.807, 2.05) is 6.07 Å². The molecule has 1 aromatic heterocycles. The van der Waals surface area contributed by atoms with Gasteiger partial charge >= 0.3 is 6.01 Å². The molecular weight excluding hydrogens is 192 g/mol. The van der Waals surface area contributed by atoms with E-state index in [1.54, 1.807) is 13.3 Å². The summed E-state index contributed by atoms with van der Waals surface area (Å²) in [6.07, 6.45) is 1.74. The van der Waals surface area contributed by atoms with Gasteiger partial charge in [-0.3, -0.25) is 0 Å². The van der Waals surface area contributed by atoms with E-state index in [2.05, 4.69) is 26.8 Å². The first-order valence-corrected chi connectivity index (χ1v) is 5.10. The second-order valence-corrected chi connectivity index (χ2v) is 3.69. The predicted molar refractivity (Wildman–Crippen MR) is 58.3 cm³/mol. The highest BCUT2D eigenvalue weighted by Crippen LogP contribution is 2.14. The van der Waals surface area contributed by atoms with Crippen molar-refractivity contribution in [3.05, 3.63) is 12.3 Å². The molecule has 0 N–H and O–H groups in total. The number of rotatable bonds is 2. The molecule has 1 aromatic rings. The largest absolute Gasteiger partial charge is 0.467 e. The molecule has 0 aliphatic carbocycles. The Morgan fingerprint density at radius 3 is 2.67 bits per heavy atom. The first-order chi connectivity index (χ1) is 7.29. The third kappa shape index (κ3) is 2.36. The molecule has 0 atom stereocenters. The van der Waals surface area contributed by atoms with E-state index in [1.165, 1.54) is 0 Å². The molecule has 0 unspecified atom stereocenters. The zero-order chi connectivity index (χ0) is 10.7. The summed E-state index contributed by atoms with van der Waals surface area (Å²) in [5, 5.41) is 0. The molecule has 1 fully saturated rings. The Labute approximate surface area is 89.7 Å². The molecule has 2 heterocycles. The van der Waals surface area contributed by atoms with Crippen molar-refractivity contribution in [1.82, 2.24) is 14.9 Å². The first kappa shape index (κ1) is 10.2. The Bertz CT molecular complexity index is 323. The molecule has 0 spiro atoms. The van der Waals surface area contributed by atoms with Gasteiger partial charge in [0, 0.05) is 32.4 Å². The number of hydrogen-bond acceptors (Lipinski definition) is 5. The summed E-state index contributed by atoms with van der Waals surface area (Å²) in [6.45, 7) is 4.17. The monoisotopic (exact) mass is 208 g/mol. The lowest BCUT2D eigenvalue weighted by Crippen LogP contribution is -2.44.